The number of imidazole rings is 1. The molecule has 0 amide bonds. The summed E-state index contributed by atoms with van der Waals surface area (Å²) in [6.07, 6.45) is 7.20. The lowest BCUT2D eigenvalue weighted by Crippen LogP contribution is -2.07. The van der Waals surface area contributed by atoms with Crippen molar-refractivity contribution in [2.24, 2.45) is 0 Å². The smallest absolute Gasteiger partial charge is 0.167 e. The van der Waals surface area contributed by atoms with Crippen LogP contribution in [-0.2, 0) is 13.0 Å². The van der Waals surface area contributed by atoms with Gasteiger partial charge in [-0.1, -0.05) is 17.0 Å². The van der Waals surface area contributed by atoms with Crippen LogP contribution in [0.1, 0.15) is 54.2 Å². The molecule has 0 aliphatic rings. The number of unbranched alkanes of at least 4 members (excludes halogenated alkanes) is 1. The third-order valence-corrected chi connectivity index (χ3v) is 5.20. The quantitative estimate of drug-likeness (QED) is 0.319. The Kier molecular flexibility index (Phi) is 7.30. The van der Waals surface area contributed by atoms with E-state index >= 15 is 0 Å². The van der Waals surface area contributed by atoms with E-state index in [1.807, 2.05) is 53.2 Å². The van der Waals surface area contributed by atoms with E-state index in [1.54, 1.807) is 19.3 Å². The maximum Gasteiger partial charge on any atom is 0.167 e. The topological polar surface area (TPSA) is 97.2 Å². The molecule has 0 saturated carbocycles. The van der Waals surface area contributed by atoms with Crippen LogP contribution in [0.3, 0.4) is 0 Å². The van der Waals surface area contributed by atoms with Crippen molar-refractivity contribution in [3.8, 4) is 23.2 Å². The van der Waals surface area contributed by atoms with Crippen LogP contribution < -0.4 is 0 Å². The summed E-state index contributed by atoms with van der Waals surface area (Å²) in [4.78, 5) is 8.61. The minimum Gasteiger partial charge on any atom is -0.396 e. The summed E-state index contributed by atoms with van der Waals surface area (Å²) >= 11 is 0. The summed E-state index contributed by atoms with van der Waals surface area (Å²) in [6, 6.07) is 13.7. The summed E-state index contributed by atoms with van der Waals surface area (Å²) in [5.41, 5.74) is 4.43. The molecule has 0 aliphatic carbocycles. The van der Waals surface area contributed by atoms with Crippen molar-refractivity contribution in [3.05, 3.63) is 89.4 Å². The van der Waals surface area contributed by atoms with Crippen LogP contribution in [0.5, 0.6) is 0 Å². The van der Waals surface area contributed by atoms with Gasteiger partial charge < -0.3 is 19.3 Å². The van der Waals surface area contributed by atoms with E-state index in [9.17, 15) is 5.11 Å². The molecular formula is C26H26N4O3. The van der Waals surface area contributed by atoms with E-state index in [4.69, 9.17) is 9.63 Å². The average Bonchev–Trinajstić information content (AvgIpc) is 3.49. The highest BCUT2D eigenvalue weighted by Crippen LogP contribution is 2.22. The first kappa shape index (κ1) is 22.5. The maximum absolute atomic E-state index is 9.80. The van der Waals surface area contributed by atoms with Crippen molar-refractivity contribution in [3.63, 3.8) is 0 Å². The fraction of sp³-hybridized carbons (Fsp3) is 0.269. The van der Waals surface area contributed by atoms with E-state index in [0.29, 0.717) is 18.1 Å². The second-order valence-corrected chi connectivity index (χ2v) is 7.82. The van der Waals surface area contributed by atoms with Gasteiger partial charge in [-0.25, -0.2) is 4.98 Å². The van der Waals surface area contributed by atoms with Crippen LogP contribution in [0.2, 0.25) is 0 Å². The molecular weight excluding hydrogens is 416 g/mol. The summed E-state index contributed by atoms with van der Waals surface area (Å²) in [7, 11) is 0. The Labute approximate surface area is 192 Å². The molecule has 33 heavy (non-hydrogen) atoms. The minimum atomic E-state index is -0.648. The SMILES string of the molecule is C[C@H](O)c1nccn1Cc1cc(-c2ccc(C#Cc3ccc(CCCCO)nc3)cc2)on1. The van der Waals surface area contributed by atoms with Gasteiger partial charge in [-0.05, 0) is 62.6 Å². The van der Waals surface area contributed by atoms with Crippen LogP contribution >= 0.6 is 0 Å². The lowest BCUT2D eigenvalue weighted by molar-refractivity contribution is 0.184. The lowest BCUT2D eigenvalue weighted by atomic mass is 10.1. The van der Waals surface area contributed by atoms with Gasteiger partial charge in [0.1, 0.15) is 17.6 Å². The van der Waals surface area contributed by atoms with Gasteiger partial charge in [0.2, 0.25) is 0 Å². The number of aliphatic hydroxyl groups excluding tert-OH is 2. The molecule has 0 aliphatic heterocycles. The monoisotopic (exact) mass is 442 g/mol. The van der Waals surface area contributed by atoms with E-state index in [1.165, 1.54) is 0 Å². The van der Waals surface area contributed by atoms with Gasteiger partial charge in [0.15, 0.2) is 5.76 Å². The fourth-order valence-corrected chi connectivity index (χ4v) is 3.45. The zero-order valence-electron chi connectivity index (χ0n) is 18.5. The standard InChI is InChI=1S/C26H26N4O3/c1-19(32)26-27-13-14-30(26)18-24-16-25(33-29-24)22-10-7-20(8-11-22)5-6-21-9-12-23(28-17-21)4-2-3-15-31/h7-14,16-17,19,31-32H,2-4,15,18H2,1H3/t19-/m0/s1. The second kappa shape index (κ2) is 10.7. The van der Waals surface area contributed by atoms with Crippen molar-refractivity contribution in [2.75, 3.05) is 6.61 Å². The van der Waals surface area contributed by atoms with Crippen molar-refractivity contribution in [1.29, 1.82) is 0 Å². The van der Waals surface area contributed by atoms with Crippen molar-refractivity contribution < 1.29 is 14.7 Å². The Morgan fingerprint density at radius 1 is 1.00 bits per heavy atom. The number of pyridine rings is 1. The summed E-state index contributed by atoms with van der Waals surface area (Å²) in [5, 5.41) is 22.8. The maximum atomic E-state index is 9.80. The van der Waals surface area contributed by atoms with E-state index in [0.717, 1.165) is 47.3 Å². The number of benzene rings is 1. The number of rotatable bonds is 8. The molecule has 1 atom stereocenters. The summed E-state index contributed by atoms with van der Waals surface area (Å²) < 4.78 is 7.36. The summed E-state index contributed by atoms with van der Waals surface area (Å²) in [6.45, 7) is 2.38. The third-order valence-electron chi connectivity index (χ3n) is 5.20. The van der Waals surface area contributed by atoms with Crippen LogP contribution in [0.15, 0.2) is 65.6 Å². The molecule has 4 rings (SSSR count). The normalized spacial score (nSPS) is 11.7. The second-order valence-electron chi connectivity index (χ2n) is 7.82. The number of nitrogens with zero attached hydrogens (tertiary/aromatic N) is 4. The first-order chi connectivity index (χ1) is 16.1. The van der Waals surface area contributed by atoms with Gasteiger partial charge >= 0.3 is 0 Å². The highest BCUT2D eigenvalue weighted by Gasteiger charge is 2.12. The molecule has 0 radical (unpaired) electrons. The molecule has 1 aromatic carbocycles. The average molecular weight is 443 g/mol. The molecule has 7 heteroatoms. The molecule has 2 N–H and O–H groups in total. The van der Waals surface area contributed by atoms with Gasteiger partial charge in [-0.15, -0.1) is 0 Å². The number of hydrogen-bond acceptors (Lipinski definition) is 6. The zero-order chi connectivity index (χ0) is 23.0. The van der Waals surface area contributed by atoms with Crippen molar-refractivity contribution in [2.45, 2.75) is 38.8 Å². The number of aromatic nitrogens is 4. The van der Waals surface area contributed by atoms with E-state index in [-0.39, 0.29) is 6.61 Å². The molecule has 168 valence electrons. The molecule has 0 fully saturated rings. The lowest BCUT2D eigenvalue weighted by Gasteiger charge is -2.07. The predicted molar refractivity (Wildman–Crippen MR) is 124 cm³/mol. The van der Waals surface area contributed by atoms with Crippen LogP contribution in [0, 0.1) is 11.8 Å². The van der Waals surface area contributed by atoms with Crippen LogP contribution in [0.25, 0.3) is 11.3 Å². The molecule has 3 aromatic heterocycles. The number of hydrogen-bond donors (Lipinski definition) is 2. The third kappa shape index (κ3) is 5.95. The van der Waals surface area contributed by atoms with Crippen LogP contribution in [-0.4, -0.2) is 36.5 Å². The van der Waals surface area contributed by atoms with Gasteiger partial charge in [-0.3, -0.25) is 4.98 Å². The van der Waals surface area contributed by atoms with Crippen LogP contribution in [0.4, 0.5) is 0 Å². The Morgan fingerprint density at radius 3 is 2.52 bits per heavy atom. The van der Waals surface area contributed by atoms with Gasteiger partial charge in [0.25, 0.3) is 0 Å². The number of aryl methyl sites for hydroxylation is 1. The molecule has 0 saturated heterocycles. The highest BCUT2D eigenvalue weighted by molar-refractivity contribution is 5.59. The largest absolute Gasteiger partial charge is 0.396 e. The van der Waals surface area contributed by atoms with Gasteiger partial charge in [0, 0.05) is 53.6 Å². The first-order valence-electron chi connectivity index (χ1n) is 11.0. The fourth-order valence-electron chi connectivity index (χ4n) is 3.45. The highest BCUT2D eigenvalue weighted by atomic mass is 16.5. The molecule has 0 unspecified atom stereocenters. The zero-order valence-corrected chi connectivity index (χ0v) is 18.5. The first-order valence-corrected chi connectivity index (χ1v) is 11.0. The van der Waals surface area contributed by atoms with Gasteiger partial charge in [0.05, 0.1) is 6.54 Å². The summed E-state index contributed by atoms with van der Waals surface area (Å²) in [5.74, 6) is 7.56. The van der Waals surface area contributed by atoms with Crippen molar-refractivity contribution in [1.82, 2.24) is 19.7 Å². The Morgan fingerprint density at radius 2 is 1.79 bits per heavy atom. The van der Waals surface area contributed by atoms with Crippen molar-refractivity contribution >= 4 is 0 Å². The Hall–Kier alpha value is -3.73. The Balaban J connectivity index is 1.39. The molecule has 4 aromatic rings. The molecule has 3 heterocycles. The van der Waals surface area contributed by atoms with Gasteiger partial charge in [-0.2, -0.15) is 0 Å². The van der Waals surface area contributed by atoms with E-state index < -0.39 is 6.10 Å². The minimum absolute atomic E-state index is 0.219. The molecule has 7 nitrogen and oxygen atoms in total. The number of aliphatic hydroxyl groups is 2. The van der Waals surface area contributed by atoms with E-state index in [2.05, 4.69) is 27.0 Å². The molecule has 0 bridgehead atoms. The predicted octanol–water partition coefficient (Wildman–Crippen LogP) is 3.75. The molecule has 0 spiro atoms. The Bertz CT molecular complexity index is 1230.